The molecule has 0 fully saturated rings. The van der Waals surface area contributed by atoms with Crippen LogP contribution in [0.2, 0.25) is 0 Å². The third-order valence-corrected chi connectivity index (χ3v) is 1.88. The molecule has 2 rings (SSSR count). The van der Waals surface area contributed by atoms with Crippen molar-refractivity contribution in [3.8, 4) is 0 Å². The number of fused-ring (bicyclic) bond motifs is 1. The van der Waals surface area contributed by atoms with Crippen LogP contribution in [-0.2, 0) is 9.53 Å². The van der Waals surface area contributed by atoms with E-state index in [9.17, 15) is 4.79 Å². The number of hydrogen-bond donors (Lipinski definition) is 0. The minimum absolute atomic E-state index is 0.225. The van der Waals surface area contributed by atoms with Crippen molar-refractivity contribution in [2.45, 2.75) is 19.8 Å². The number of ether oxygens (including phenoxy) is 1. The van der Waals surface area contributed by atoms with E-state index in [1.165, 1.54) is 0 Å². The summed E-state index contributed by atoms with van der Waals surface area (Å²) in [7, 11) is 0. The summed E-state index contributed by atoms with van der Waals surface area (Å²) in [6, 6.07) is 0. The van der Waals surface area contributed by atoms with Crippen molar-refractivity contribution >= 4 is 11.7 Å². The number of nitrogens with zero attached hydrogens (tertiary/aromatic N) is 1. The van der Waals surface area contributed by atoms with Gasteiger partial charge in [-0.25, -0.2) is 4.99 Å². The molecular formula is C9H9NO2. The summed E-state index contributed by atoms with van der Waals surface area (Å²) in [6.45, 7) is 1.80. The topological polar surface area (TPSA) is 38.7 Å². The van der Waals surface area contributed by atoms with Gasteiger partial charge in [0.15, 0.2) is 5.90 Å². The first-order valence-corrected chi connectivity index (χ1v) is 3.89. The van der Waals surface area contributed by atoms with Crippen molar-refractivity contribution in [1.82, 2.24) is 0 Å². The quantitative estimate of drug-likeness (QED) is 0.543. The predicted octanol–water partition coefficient (Wildman–Crippen LogP) is 1.57. The average Bonchev–Trinajstić information content (AvgIpc) is 2.05. The van der Waals surface area contributed by atoms with Crippen molar-refractivity contribution in [1.29, 1.82) is 0 Å². The van der Waals surface area contributed by atoms with E-state index < -0.39 is 0 Å². The summed E-state index contributed by atoms with van der Waals surface area (Å²) in [6.07, 6.45) is 4.47. The first-order valence-electron chi connectivity index (χ1n) is 3.89. The Labute approximate surface area is 70.4 Å². The molecule has 0 atom stereocenters. The van der Waals surface area contributed by atoms with Gasteiger partial charge in [-0.05, 0) is 6.08 Å². The van der Waals surface area contributed by atoms with E-state index in [0.717, 1.165) is 11.3 Å². The van der Waals surface area contributed by atoms with Gasteiger partial charge >= 0.3 is 0 Å². The van der Waals surface area contributed by atoms with Crippen molar-refractivity contribution in [2.24, 2.45) is 4.99 Å². The summed E-state index contributed by atoms with van der Waals surface area (Å²) >= 11 is 0. The van der Waals surface area contributed by atoms with Crippen LogP contribution in [0.15, 0.2) is 28.6 Å². The highest BCUT2D eigenvalue weighted by Crippen LogP contribution is 2.25. The van der Waals surface area contributed by atoms with E-state index in [2.05, 4.69) is 4.99 Å². The molecule has 1 aliphatic carbocycles. The Hall–Kier alpha value is -1.38. The molecule has 0 aromatic rings. The molecule has 0 spiro atoms. The van der Waals surface area contributed by atoms with Crippen LogP contribution in [0, 0.1) is 0 Å². The molecular weight excluding hydrogens is 154 g/mol. The number of ketones is 1. The molecule has 0 N–H and O–H groups in total. The Balaban J connectivity index is 2.34. The fourth-order valence-corrected chi connectivity index (χ4v) is 1.28. The van der Waals surface area contributed by atoms with E-state index in [1.54, 1.807) is 13.1 Å². The Kier molecular flexibility index (Phi) is 1.57. The molecule has 0 aromatic carbocycles. The van der Waals surface area contributed by atoms with Gasteiger partial charge in [-0.2, -0.15) is 0 Å². The second-order valence-corrected chi connectivity index (χ2v) is 2.89. The van der Waals surface area contributed by atoms with Crippen molar-refractivity contribution in [3.63, 3.8) is 0 Å². The standard InChI is InChI=1S/C9H9NO2/c1-6-10-5-7-4-8(11)2-3-9(7)12-6/h3,5H,2,4H2,1H3. The van der Waals surface area contributed by atoms with Gasteiger partial charge in [-0.1, -0.05) is 0 Å². The van der Waals surface area contributed by atoms with E-state index >= 15 is 0 Å². The molecule has 3 heteroatoms. The van der Waals surface area contributed by atoms with Crippen LogP contribution in [0.3, 0.4) is 0 Å². The van der Waals surface area contributed by atoms with Gasteiger partial charge in [0.2, 0.25) is 0 Å². The lowest BCUT2D eigenvalue weighted by Gasteiger charge is -2.18. The molecule has 0 amide bonds. The fraction of sp³-hybridized carbons (Fsp3) is 0.333. The van der Waals surface area contributed by atoms with Gasteiger partial charge in [-0.15, -0.1) is 0 Å². The van der Waals surface area contributed by atoms with Crippen LogP contribution in [0.1, 0.15) is 19.8 Å². The maximum Gasteiger partial charge on any atom is 0.191 e. The zero-order valence-electron chi connectivity index (χ0n) is 6.83. The van der Waals surface area contributed by atoms with Crippen molar-refractivity contribution in [2.75, 3.05) is 0 Å². The lowest BCUT2D eigenvalue weighted by atomic mass is 9.99. The van der Waals surface area contributed by atoms with Gasteiger partial charge in [0.05, 0.1) is 0 Å². The first-order chi connectivity index (χ1) is 5.75. The highest BCUT2D eigenvalue weighted by Gasteiger charge is 2.20. The molecule has 0 aromatic heterocycles. The zero-order valence-corrected chi connectivity index (χ0v) is 6.83. The molecule has 0 unspecified atom stereocenters. The van der Waals surface area contributed by atoms with Gasteiger partial charge in [0, 0.05) is 31.5 Å². The molecule has 0 saturated heterocycles. The van der Waals surface area contributed by atoms with Gasteiger partial charge in [0.25, 0.3) is 0 Å². The number of hydrogen-bond acceptors (Lipinski definition) is 3. The maximum atomic E-state index is 11.0. The monoisotopic (exact) mass is 163 g/mol. The molecule has 0 bridgehead atoms. The highest BCUT2D eigenvalue weighted by molar-refractivity contribution is 5.87. The normalized spacial score (nSPS) is 21.8. The van der Waals surface area contributed by atoms with Gasteiger partial charge in [0.1, 0.15) is 11.5 Å². The largest absolute Gasteiger partial charge is 0.443 e. The third kappa shape index (κ3) is 1.18. The number of aliphatic imine (C=N–C) groups is 1. The number of allylic oxidation sites excluding steroid dienone is 2. The van der Waals surface area contributed by atoms with Gasteiger partial charge < -0.3 is 4.74 Å². The third-order valence-electron chi connectivity index (χ3n) is 1.88. The number of carbonyl (C=O) groups is 1. The van der Waals surface area contributed by atoms with Crippen LogP contribution >= 0.6 is 0 Å². The van der Waals surface area contributed by atoms with Crippen LogP contribution in [0.5, 0.6) is 0 Å². The van der Waals surface area contributed by atoms with Gasteiger partial charge in [-0.3, -0.25) is 4.79 Å². The lowest BCUT2D eigenvalue weighted by Crippen LogP contribution is -2.14. The molecule has 1 heterocycles. The number of rotatable bonds is 0. The smallest absolute Gasteiger partial charge is 0.191 e. The second-order valence-electron chi connectivity index (χ2n) is 2.89. The minimum atomic E-state index is 0.225. The van der Waals surface area contributed by atoms with Crippen LogP contribution in [0.25, 0.3) is 0 Å². The molecule has 12 heavy (non-hydrogen) atoms. The Morgan fingerprint density at radius 1 is 1.58 bits per heavy atom. The second kappa shape index (κ2) is 2.59. The van der Waals surface area contributed by atoms with E-state index in [0.29, 0.717) is 18.7 Å². The summed E-state index contributed by atoms with van der Waals surface area (Å²) in [5.41, 5.74) is 0.900. The van der Waals surface area contributed by atoms with Crippen LogP contribution in [0.4, 0.5) is 0 Å². The van der Waals surface area contributed by atoms with Crippen molar-refractivity contribution in [3.05, 3.63) is 23.6 Å². The Morgan fingerprint density at radius 3 is 3.25 bits per heavy atom. The summed E-state index contributed by atoms with van der Waals surface area (Å²) in [5, 5.41) is 0. The SMILES string of the molecule is CC1=NC=C2CC(=O)CC=C2O1. The lowest BCUT2D eigenvalue weighted by molar-refractivity contribution is -0.117. The first kappa shape index (κ1) is 7.28. The van der Waals surface area contributed by atoms with Crippen molar-refractivity contribution < 1.29 is 9.53 Å². The summed E-state index contributed by atoms with van der Waals surface area (Å²) in [5.74, 6) is 1.67. The zero-order chi connectivity index (χ0) is 8.55. The molecule has 1 aliphatic heterocycles. The van der Waals surface area contributed by atoms with E-state index in [4.69, 9.17) is 4.74 Å². The molecule has 62 valence electrons. The molecule has 0 saturated carbocycles. The van der Waals surface area contributed by atoms with E-state index in [1.807, 2.05) is 6.08 Å². The molecule has 0 radical (unpaired) electrons. The Morgan fingerprint density at radius 2 is 2.42 bits per heavy atom. The fourth-order valence-electron chi connectivity index (χ4n) is 1.28. The number of carbonyl (C=O) groups excluding carboxylic acids is 1. The molecule has 2 aliphatic rings. The highest BCUT2D eigenvalue weighted by atomic mass is 16.5. The maximum absolute atomic E-state index is 11.0. The van der Waals surface area contributed by atoms with Crippen LogP contribution < -0.4 is 0 Å². The van der Waals surface area contributed by atoms with E-state index in [-0.39, 0.29) is 5.78 Å². The molecule has 3 nitrogen and oxygen atoms in total. The summed E-state index contributed by atoms with van der Waals surface area (Å²) < 4.78 is 5.33. The predicted molar refractivity (Wildman–Crippen MR) is 44.6 cm³/mol. The van der Waals surface area contributed by atoms with Crippen LogP contribution in [-0.4, -0.2) is 11.7 Å². The summed E-state index contributed by atoms with van der Waals surface area (Å²) in [4.78, 5) is 15.0. The average molecular weight is 163 g/mol. The number of Topliss-reactive ketones (excluding diaryl/α,β-unsaturated/α-hetero) is 1. The Bertz CT molecular complexity index is 323. The minimum Gasteiger partial charge on any atom is -0.443 e.